The molecule has 0 unspecified atom stereocenters. The number of hydrogen-bond donors (Lipinski definition) is 0. The third-order valence-electron chi connectivity index (χ3n) is 1.86. The molecule has 0 radical (unpaired) electrons. The molecule has 0 atom stereocenters. The highest BCUT2D eigenvalue weighted by Crippen LogP contribution is 2.29. The first-order chi connectivity index (χ1) is 7.24. The molecule has 0 aromatic heterocycles. The molecular formula is C12H8BrClS. The Morgan fingerprint density at radius 1 is 0.800 bits per heavy atom. The number of benzene rings is 2. The fraction of sp³-hybridized carbons (Fsp3) is 0. The molecule has 2 aromatic rings. The lowest BCUT2D eigenvalue weighted by Crippen LogP contribution is -1.73. The van der Waals surface area contributed by atoms with Gasteiger partial charge in [-0.05, 0) is 48.5 Å². The molecule has 0 saturated carbocycles. The third-order valence-corrected chi connectivity index (χ3v) is 3.66. The lowest BCUT2D eigenvalue weighted by molar-refractivity contribution is 1.40. The van der Waals surface area contributed by atoms with Crippen molar-refractivity contribution in [3.8, 4) is 0 Å². The van der Waals surface area contributed by atoms with E-state index in [1.165, 1.54) is 9.79 Å². The van der Waals surface area contributed by atoms with Crippen LogP contribution in [-0.2, 0) is 0 Å². The quantitative estimate of drug-likeness (QED) is 0.729. The SMILES string of the molecule is Clc1ccc(Sc2ccc(Br)cc2)cc1. The monoisotopic (exact) mass is 298 g/mol. The maximum Gasteiger partial charge on any atom is 0.0406 e. The summed E-state index contributed by atoms with van der Waals surface area (Å²) in [5, 5.41) is 0.773. The second-order valence-corrected chi connectivity index (χ2v) is 5.51. The lowest BCUT2D eigenvalue weighted by Gasteiger charge is -2.01. The van der Waals surface area contributed by atoms with E-state index in [4.69, 9.17) is 11.6 Å². The van der Waals surface area contributed by atoms with E-state index in [2.05, 4.69) is 28.1 Å². The van der Waals surface area contributed by atoms with Crippen molar-refractivity contribution in [1.29, 1.82) is 0 Å². The van der Waals surface area contributed by atoms with Crippen LogP contribution in [0.2, 0.25) is 5.02 Å². The predicted molar refractivity (Wildman–Crippen MR) is 69.7 cm³/mol. The Hall–Kier alpha value is -0.440. The molecule has 0 saturated heterocycles. The van der Waals surface area contributed by atoms with Crippen LogP contribution in [0.3, 0.4) is 0 Å². The van der Waals surface area contributed by atoms with Crippen LogP contribution in [0.15, 0.2) is 62.8 Å². The van der Waals surface area contributed by atoms with E-state index >= 15 is 0 Å². The molecule has 3 heteroatoms. The van der Waals surface area contributed by atoms with Crippen molar-refractivity contribution >= 4 is 39.3 Å². The van der Waals surface area contributed by atoms with Gasteiger partial charge in [-0.3, -0.25) is 0 Å². The number of halogens is 2. The van der Waals surface area contributed by atoms with Crippen LogP contribution in [-0.4, -0.2) is 0 Å². The molecule has 0 fully saturated rings. The molecule has 2 rings (SSSR count). The van der Waals surface area contributed by atoms with Gasteiger partial charge in [0.25, 0.3) is 0 Å². The summed E-state index contributed by atoms with van der Waals surface area (Å²) >= 11 is 11.0. The molecule has 0 heterocycles. The summed E-state index contributed by atoms with van der Waals surface area (Å²) in [6, 6.07) is 16.1. The molecule has 0 spiro atoms. The number of rotatable bonds is 2. The molecular weight excluding hydrogens is 292 g/mol. The predicted octanol–water partition coefficient (Wildman–Crippen LogP) is 5.25. The zero-order valence-electron chi connectivity index (χ0n) is 7.78. The van der Waals surface area contributed by atoms with Crippen molar-refractivity contribution < 1.29 is 0 Å². The highest BCUT2D eigenvalue weighted by atomic mass is 79.9. The normalized spacial score (nSPS) is 10.3. The Bertz CT molecular complexity index is 393. The highest BCUT2D eigenvalue weighted by molar-refractivity contribution is 9.10. The first kappa shape index (κ1) is 11.1. The second kappa shape index (κ2) is 5.06. The van der Waals surface area contributed by atoms with Gasteiger partial charge in [-0.15, -0.1) is 0 Å². The van der Waals surface area contributed by atoms with E-state index in [0.29, 0.717) is 0 Å². The van der Waals surface area contributed by atoms with Crippen LogP contribution in [0.1, 0.15) is 0 Å². The van der Waals surface area contributed by atoms with Gasteiger partial charge in [-0.25, -0.2) is 0 Å². The molecule has 0 bridgehead atoms. The highest BCUT2D eigenvalue weighted by Gasteiger charge is 1.97. The van der Waals surface area contributed by atoms with Crippen molar-refractivity contribution in [3.05, 3.63) is 58.0 Å². The van der Waals surface area contributed by atoms with Crippen molar-refractivity contribution in [2.75, 3.05) is 0 Å². The summed E-state index contributed by atoms with van der Waals surface area (Å²) < 4.78 is 1.10. The van der Waals surface area contributed by atoms with E-state index in [9.17, 15) is 0 Å². The summed E-state index contributed by atoms with van der Waals surface area (Å²) in [6.07, 6.45) is 0. The zero-order chi connectivity index (χ0) is 10.7. The van der Waals surface area contributed by atoms with Gasteiger partial charge in [0.2, 0.25) is 0 Å². The van der Waals surface area contributed by atoms with Crippen LogP contribution >= 0.6 is 39.3 Å². The minimum Gasteiger partial charge on any atom is -0.0901 e. The van der Waals surface area contributed by atoms with Gasteiger partial charge in [0, 0.05) is 19.3 Å². The van der Waals surface area contributed by atoms with E-state index in [1.54, 1.807) is 11.8 Å². The van der Waals surface area contributed by atoms with Crippen molar-refractivity contribution in [2.24, 2.45) is 0 Å². The average molecular weight is 300 g/mol. The third kappa shape index (κ3) is 3.26. The number of hydrogen-bond acceptors (Lipinski definition) is 1. The van der Waals surface area contributed by atoms with E-state index in [0.717, 1.165) is 9.50 Å². The molecule has 76 valence electrons. The Morgan fingerprint density at radius 3 is 1.80 bits per heavy atom. The van der Waals surface area contributed by atoms with Gasteiger partial charge in [0.15, 0.2) is 0 Å². The van der Waals surface area contributed by atoms with Crippen LogP contribution in [0.4, 0.5) is 0 Å². The van der Waals surface area contributed by atoms with Gasteiger partial charge in [0.05, 0.1) is 0 Å². The summed E-state index contributed by atoms with van der Waals surface area (Å²) in [7, 11) is 0. The first-order valence-electron chi connectivity index (χ1n) is 4.43. The molecule has 0 N–H and O–H groups in total. The molecule has 0 amide bonds. The minimum atomic E-state index is 0.773. The Labute approximate surface area is 107 Å². The topological polar surface area (TPSA) is 0 Å². The van der Waals surface area contributed by atoms with E-state index < -0.39 is 0 Å². The Balaban J connectivity index is 2.15. The van der Waals surface area contributed by atoms with Gasteiger partial charge in [-0.1, -0.05) is 39.3 Å². The molecule has 0 nitrogen and oxygen atoms in total. The molecule has 0 aliphatic heterocycles. The fourth-order valence-corrected chi connectivity index (χ4v) is 2.35. The van der Waals surface area contributed by atoms with Crippen molar-refractivity contribution in [1.82, 2.24) is 0 Å². The first-order valence-corrected chi connectivity index (χ1v) is 6.42. The Morgan fingerprint density at radius 2 is 1.27 bits per heavy atom. The fourth-order valence-electron chi connectivity index (χ4n) is 1.14. The molecule has 0 aliphatic rings. The largest absolute Gasteiger partial charge is 0.0901 e. The smallest absolute Gasteiger partial charge is 0.0406 e. The zero-order valence-corrected chi connectivity index (χ0v) is 10.9. The van der Waals surface area contributed by atoms with Crippen LogP contribution < -0.4 is 0 Å². The van der Waals surface area contributed by atoms with E-state index in [-0.39, 0.29) is 0 Å². The lowest BCUT2D eigenvalue weighted by atomic mass is 10.4. The standard InChI is InChI=1S/C12H8BrClS/c13-9-1-5-11(6-2-9)15-12-7-3-10(14)4-8-12/h1-8H. The summed E-state index contributed by atoms with van der Waals surface area (Å²) in [4.78, 5) is 2.42. The Kier molecular flexibility index (Phi) is 3.73. The van der Waals surface area contributed by atoms with Crippen molar-refractivity contribution in [2.45, 2.75) is 9.79 Å². The van der Waals surface area contributed by atoms with Gasteiger partial charge >= 0.3 is 0 Å². The molecule has 15 heavy (non-hydrogen) atoms. The van der Waals surface area contributed by atoms with Crippen LogP contribution in [0, 0.1) is 0 Å². The summed E-state index contributed by atoms with van der Waals surface area (Å²) in [5.74, 6) is 0. The molecule has 2 aromatic carbocycles. The summed E-state index contributed by atoms with van der Waals surface area (Å²) in [6.45, 7) is 0. The van der Waals surface area contributed by atoms with Crippen LogP contribution in [0.25, 0.3) is 0 Å². The maximum atomic E-state index is 5.82. The second-order valence-electron chi connectivity index (χ2n) is 3.01. The minimum absolute atomic E-state index is 0.773. The molecule has 0 aliphatic carbocycles. The van der Waals surface area contributed by atoms with Crippen molar-refractivity contribution in [3.63, 3.8) is 0 Å². The average Bonchev–Trinajstić information content (AvgIpc) is 2.25. The summed E-state index contributed by atoms with van der Waals surface area (Å²) in [5.41, 5.74) is 0. The van der Waals surface area contributed by atoms with Crippen LogP contribution in [0.5, 0.6) is 0 Å². The van der Waals surface area contributed by atoms with Gasteiger partial charge in [-0.2, -0.15) is 0 Å². The van der Waals surface area contributed by atoms with Gasteiger partial charge < -0.3 is 0 Å². The van der Waals surface area contributed by atoms with E-state index in [1.807, 2.05) is 36.4 Å². The van der Waals surface area contributed by atoms with Gasteiger partial charge in [0.1, 0.15) is 0 Å². The maximum absolute atomic E-state index is 5.82.